The van der Waals surface area contributed by atoms with Crippen LogP contribution in [0.25, 0.3) is 0 Å². The molecule has 0 spiro atoms. The van der Waals surface area contributed by atoms with Gasteiger partial charge in [0.2, 0.25) is 5.91 Å². The maximum atomic E-state index is 13.0. The van der Waals surface area contributed by atoms with E-state index >= 15 is 0 Å². The van der Waals surface area contributed by atoms with E-state index in [-0.39, 0.29) is 5.92 Å². The van der Waals surface area contributed by atoms with E-state index in [2.05, 4.69) is 41.0 Å². The summed E-state index contributed by atoms with van der Waals surface area (Å²) in [7, 11) is 0. The number of carbonyl (C=O) groups excluding carboxylic acids is 1. The molecule has 2 saturated heterocycles. The monoisotopic (exact) mass is 342 g/mol. The molecular weight excluding hydrogens is 312 g/mol. The van der Waals surface area contributed by atoms with Gasteiger partial charge in [0.1, 0.15) is 0 Å². The number of likely N-dealkylation sites (tertiary alicyclic amines) is 1. The molecule has 0 bridgehead atoms. The molecule has 2 heterocycles. The highest BCUT2D eigenvalue weighted by Crippen LogP contribution is 2.49. The topological polar surface area (TPSA) is 32.8 Å². The van der Waals surface area contributed by atoms with E-state index in [0.29, 0.717) is 17.7 Å². The Labute approximate surface area is 151 Å². The van der Waals surface area contributed by atoms with E-state index in [1.165, 1.54) is 17.5 Å². The minimum atomic E-state index is 0.225. The number of piperidine rings is 1. The van der Waals surface area contributed by atoms with E-state index in [1.807, 2.05) is 0 Å². The Morgan fingerprint density at radius 1 is 1.20 bits per heavy atom. The number of rotatable bonds is 4. The maximum absolute atomic E-state index is 13.0. The number of hydrogen-bond acceptors (Lipinski definition) is 3. The lowest BCUT2D eigenvalue weighted by Gasteiger charge is -2.37. The Kier molecular flexibility index (Phi) is 5.09. The third-order valence-corrected chi connectivity index (χ3v) is 6.15. The van der Waals surface area contributed by atoms with Gasteiger partial charge in [0.05, 0.1) is 13.2 Å². The van der Waals surface area contributed by atoms with Crippen LogP contribution in [0.3, 0.4) is 0 Å². The Balaban J connectivity index is 1.32. The molecule has 1 saturated carbocycles. The molecule has 3 aliphatic rings. The molecule has 136 valence electrons. The van der Waals surface area contributed by atoms with Crippen LogP contribution in [-0.2, 0) is 9.53 Å². The summed E-state index contributed by atoms with van der Waals surface area (Å²) in [5.74, 6) is 1.71. The van der Waals surface area contributed by atoms with Gasteiger partial charge in [0, 0.05) is 38.6 Å². The predicted octanol–water partition coefficient (Wildman–Crippen LogP) is 2.67. The molecule has 0 radical (unpaired) electrons. The summed E-state index contributed by atoms with van der Waals surface area (Å²) in [6, 6.07) is 8.54. The molecule has 3 atom stereocenters. The van der Waals surface area contributed by atoms with Crippen molar-refractivity contribution >= 4 is 5.91 Å². The van der Waals surface area contributed by atoms with Crippen molar-refractivity contribution in [2.75, 3.05) is 45.9 Å². The van der Waals surface area contributed by atoms with Crippen molar-refractivity contribution in [2.45, 2.75) is 32.1 Å². The molecule has 1 aliphatic carbocycles. The summed E-state index contributed by atoms with van der Waals surface area (Å²) in [4.78, 5) is 17.7. The molecule has 0 aromatic heterocycles. The number of amides is 1. The molecule has 25 heavy (non-hydrogen) atoms. The van der Waals surface area contributed by atoms with E-state index in [1.54, 1.807) is 0 Å². The molecule has 4 heteroatoms. The molecule has 4 rings (SSSR count). The second kappa shape index (κ2) is 7.46. The second-order valence-electron chi connectivity index (χ2n) is 8.01. The van der Waals surface area contributed by atoms with Crippen LogP contribution in [0, 0.1) is 18.8 Å². The number of benzene rings is 1. The van der Waals surface area contributed by atoms with Crippen molar-refractivity contribution in [2.24, 2.45) is 11.8 Å². The zero-order chi connectivity index (χ0) is 17.2. The van der Waals surface area contributed by atoms with Crippen LogP contribution in [-0.4, -0.2) is 61.6 Å². The Hall–Kier alpha value is -1.39. The standard InChI is InChI=1S/C21H30N2O2/c1-16-5-2-3-7-18(16)19-13-20(19)21(24)23-8-4-6-17(15-23)14-22-9-11-25-12-10-22/h2-3,5,7,17,19-20H,4,6,8-15H2,1H3/t17-,19+,20-/m1/s1. The molecule has 0 unspecified atom stereocenters. The fraction of sp³-hybridized carbons (Fsp3) is 0.667. The summed E-state index contributed by atoms with van der Waals surface area (Å²) >= 11 is 0. The van der Waals surface area contributed by atoms with Crippen LogP contribution in [0.5, 0.6) is 0 Å². The second-order valence-corrected chi connectivity index (χ2v) is 8.01. The Morgan fingerprint density at radius 3 is 2.80 bits per heavy atom. The lowest BCUT2D eigenvalue weighted by Crippen LogP contribution is -2.46. The summed E-state index contributed by atoms with van der Waals surface area (Å²) in [6.45, 7) is 8.99. The minimum absolute atomic E-state index is 0.225. The van der Waals surface area contributed by atoms with Crippen LogP contribution in [0.2, 0.25) is 0 Å². The summed E-state index contributed by atoms with van der Waals surface area (Å²) < 4.78 is 5.45. The summed E-state index contributed by atoms with van der Waals surface area (Å²) in [5.41, 5.74) is 2.70. The van der Waals surface area contributed by atoms with E-state index in [0.717, 1.165) is 58.8 Å². The number of aryl methyl sites for hydroxylation is 1. The van der Waals surface area contributed by atoms with Gasteiger partial charge in [-0.1, -0.05) is 24.3 Å². The highest BCUT2D eigenvalue weighted by molar-refractivity contribution is 5.83. The molecule has 3 fully saturated rings. The fourth-order valence-corrected chi connectivity index (χ4v) is 4.61. The van der Waals surface area contributed by atoms with Crippen molar-refractivity contribution in [3.8, 4) is 0 Å². The molecule has 1 aromatic rings. The minimum Gasteiger partial charge on any atom is -0.379 e. The van der Waals surface area contributed by atoms with Crippen LogP contribution < -0.4 is 0 Å². The SMILES string of the molecule is Cc1ccccc1[C@@H]1C[C@H]1C(=O)N1CCC[C@H](CN2CCOCC2)C1. The first-order valence-electron chi connectivity index (χ1n) is 9.87. The van der Waals surface area contributed by atoms with Crippen LogP contribution in [0.15, 0.2) is 24.3 Å². The molecular formula is C21H30N2O2. The molecule has 4 nitrogen and oxygen atoms in total. The number of ether oxygens (including phenoxy) is 1. The van der Waals surface area contributed by atoms with Crippen LogP contribution >= 0.6 is 0 Å². The third kappa shape index (κ3) is 3.90. The average Bonchev–Trinajstić information content (AvgIpc) is 3.43. The molecule has 1 amide bonds. The number of nitrogens with zero attached hydrogens (tertiary/aromatic N) is 2. The van der Waals surface area contributed by atoms with Gasteiger partial charge in [-0.05, 0) is 49.1 Å². The van der Waals surface area contributed by atoms with E-state index in [4.69, 9.17) is 4.74 Å². The zero-order valence-electron chi connectivity index (χ0n) is 15.3. The first-order chi connectivity index (χ1) is 12.2. The van der Waals surface area contributed by atoms with Crippen molar-refractivity contribution < 1.29 is 9.53 Å². The van der Waals surface area contributed by atoms with Gasteiger partial charge in [-0.2, -0.15) is 0 Å². The van der Waals surface area contributed by atoms with Gasteiger partial charge in [-0.3, -0.25) is 9.69 Å². The van der Waals surface area contributed by atoms with Gasteiger partial charge < -0.3 is 9.64 Å². The van der Waals surface area contributed by atoms with Crippen LogP contribution in [0.1, 0.15) is 36.3 Å². The first-order valence-corrected chi connectivity index (χ1v) is 9.87. The Morgan fingerprint density at radius 2 is 2.00 bits per heavy atom. The first kappa shape index (κ1) is 17.0. The largest absolute Gasteiger partial charge is 0.379 e. The summed E-state index contributed by atoms with van der Waals surface area (Å²) in [5, 5.41) is 0. The van der Waals surface area contributed by atoms with Gasteiger partial charge >= 0.3 is 0 Å². The smallest absolute Gasteiger partial charge is 0.226 e. The van der Waals surface area contributed by atoms with Crippen LogP contribution in [0.4, 0.5) is 0 Å². The fourth-order valence-electron chi connectivity index (χ4n) is 4.61. The van der Waals surface area contributed by atoms with Crippen molar-refractivity contribution in [3.05, 3.63) is 35.4 Å². The van der Waals surface area contributed by atoms with Gasteiger partial charge in [0.15, 0.2) is 0 Å². The summed E-state index contributed by atoms with van der Waals surface area (Å²) in [6.07, 6.45) is 3.45. The average molecular weight is 342 g/mol. The molecule has 0 N–H and O–H groups in total. The van der Waals surface area contributed by atoms with E-state index in [9.17, 15) is 4.79 Å². The van der Waals surface area contributed by atoms with Gasteiger partial charge in [-0.15, -0.1) is 0 Å². The van der Waals surface area contributed by atoms with Crippen molar-refractivity contribution in [3.63, 3.8) is 0 Å². The zero-order valence-corrected chi connectivity index (χ0v) is 15.3. The van der Waals surface area contributed by atoms with Crippen molar-refractivity contribution in [1.29, 1.82) is 0 Å². The predicted molar refractivity (Wildman–Crippen MR) is 98.6 cm³/mol. The third-order valence-electron chi connectivity index (χ3n) is 6.15. The van der Waals surface area contributed by atoms with Gasteiger partial charge in [-0.25, -0.2) is 0 Å². The number of morpholine rings is 1. The highest BCUT2D eigenvalue weighted by atomic mass is 16.5. The number of carbonyl (C=O) groups is 1. The van der Waals surface area contributed by atoms with Crippen molar-refractivity contribution in [1.82, 2.24) is 9.80 Å². The lowest BCUT2D eigenvalue weighted by molar-refractivity contribution is -0.134. The van der Waals surface area contributed by atoms with Gasteiger partial charge in [0.25, 0.3) is 0 Å². The van der Waals surface area contributed by atoms with E-state index < -0.39 is 0 Å². The quantitative estimate of drug-likeness (QED) is 0.843. The maximum Gasteiger partial charge on any atom is 0.226 e. The molecule has 1 aromatic carbocycles. The molecule has 2 aliphatic heterocycles. The normalized spacial score (nSPS) is 30.3. The number of hydrogen-bond donors (Lipinski definition) is 0. The Bertz CT molecular complexity index is 612. The highest BCUT2D eigenvalue weighted by Gasteiger charge is 2.46. The lowest BCUT2D eigenvalue weighted by atomic mass is 9.96.